The van der Waals surface area contributed by atoms with Crippen LogP contribution < -0.4 is 19.7 Å². The molecule has 1 heterocycles. The Morgan fingerprint density at radius 1 is 0.917 bits per heavy atom. The second-order valence-corrected chi connectivity index (χ2v) is 9.43. The first-order valence-corrected chi connectivity index (χ1v) is 12.5. The first kappa shape index (κ1) is 24.0. The SMILES string of the molecule is O=C(NC1CCCC1)C(c1ccc(O)cc1)N(C(=O)c1ccc2c(c1)OCCO2)c1ccc(Cl)cc1. The van der Waals surface area contributed by atoms with Crippen molar-refractivity contribution in [1.82, 2.24) is 5.32 Å². The van der Waals surface area contributed by atoms with Crippen LogP contribution in [0.25, 0.3) is 0 Å². The van der Waals surface area contributed by atoms with E-state index in [4.69, 9.17) is 21.1 Å². The van der Waals surface area contributed by atoms with E-state index in [2.05, 4.69) is 5.32 Å². The van der Waals surface area contributed by atoms with Crippen LogP contribution in [0.1, 0.15) is 47.6 Å². The lowest BCUT2D eigenvalue weighted by molar-refractivity contribution is -0.123. The van der Waals surface area contributed by atoms with E-state index >= 15 is 0 Å². The maximum absolute atomic E-state index is 14.1. The van der Waals surface area contributed by atoms with Gasteiger partial charge >= 0.3 is 0 Å². The number of fused-ring (bicyclic) bond motifs is 1. The highest BCUT2D eigenvalue weighted by Crippen LogP contribution is 2.35. The van der Waals surface area contributed by atoms with Gasteiger partial charge in [0.15, 0.2) is 11.5 Å². The van der Waals surface area contributed by atoms with Crippen molar-refractivity contribution < 1.29 is 24.2 Å². The van der Waals surface area contributed by atoms with Gasteiger partial charge in [-0.2, -0.15) is 0 Å². The monoisotopic (exact) mass is 506 g/mol. The van der Waals surface area contributed by atoms with Gasteiger partial charge < -0.3 is 19.9 Å². The van der Waals surface area contributed by atoms with Gasteiger partial charge in [-0.05, 0) is 73.0 Å². The fourth-order valence-corrected chi connectivity index (χ4v) is 4.85. The predicted octanol–water partition coefficient (Wildman–Crippen LogP) is 5.26. The number of halogens is 1. The fraction of sp³-hybridized carbons (Fsp3) is 0.286. The Morgan fingerprint density at radius 3 is 2.28 bits per heavy atom. The smallest absolute Gasteiger partial charge is 0.259 e. The van der Waals surface area contributed by atoms with E-state index < -0.39 is 6.04 Å². The highest BCUT2D eigenvalue weighted by molar-refractivity contribution is 6.30. The number of ether oxygens (including phenoxy) is 2. The number of nitrogens with one attached hydrogen (secondary N) is 1. The molecule has 8 heteroatoms. The zero-order valence-corrected chi connectivity index (χ0v) is 20.4. The van der Waals surface area contributed by atoms with Gasteiger partial charge in [-0.3, -0.25) is 14.5 Å². The second-order valence-electron chi connectivity index (χ2n) is 8.99. The lowest BCUT2D eigenvalue weighted by atomic mass is 10.0. The Balaban J connectivity index is 1.59. The number of benzene rings is 3. The summed E-state index contributed by atoms with van der Waals surface area (Å²) < 4.78 is 11.3. The van der Waals surface area contributed by atoms with Crippen molar-refractivity contribution in [2.45, 2.75) is 37.8 Å². The number of hydrogen-bond acceptors (Lipinski definition) is 5. The maximum Gasteiger partial charge on any atom is 0.259 e. The van der Waals surface area contributed by atoms with Gasteiger partial charge in [0.25, 0.3) is 5.91 Å². The molecule has 1 aliphatic heterocycles. The second kappa shape index (κ2) is 10.5. The summed E-state index contributed by atoms with van der Waals surface area (Å²) >= 11 is 6.14. The molecule has 1 saturated carbocycles. The number of amides is 2. The third-order valence-corrected chi connectivity index (χ3v) is 6.78. The van der Waals surface area contributed by atoms with Crippen LogP contribution in [0.5, 0.6) is 17.2 Å². The van der Waals surface area contributed by atoms with E-state index in [-0.39, 0.29) is 23.6 Å². The largest absolute Gasteiger partial charge is 0.508 e. The average Bonchev–Trinajstić information content (AvgIpc) is 3.41. The predicted molar refractivity (Wildman–Crippen MR) is 137 cm³/mol. The van der Waals surface area contributed by atoms with Gasteiger partial charge in [0.2, 0.25) is 5.91 Å². The molecule has 0 aromatic heterocycles. The molecule has 0 bridgehead atoms. The summed E-state index contributed by atoms with van der Waals surface area (Å²) in [4.78, 5) is 29.4. The molecule has 186 valence electrons. The van der Waals surface area contributed by atoms with Crippen LogP contribution in [0.4, 0.5) is 5.69 Å². The summed E-state index contributed by atoms with van der Waals surface area (Å²) in [6.45, 7) is 0.840. The van der Waals surface area contributed by atoms with Crippen LogP contribution in [0, 0.1) is 0 Å². The fourth-order valence-electron chi connectivity index (χ4n) is 4.73. The molecule has 1 aliphatic carbocycles. The van der Waals surface area contributed by atoms with E-state index in [0.717, 1.165) is 25.7 Å². The Hall–Kier alpha value is -3.71. The number of phenolic OH excluding ortho intramolecular Hbond substituents is 1. The molecule has 1 fully saturated rings. The van der Waals surface area contributed by atoms with E-state index in [0.29, 0.717) is 46.5 Å². The van der Waals surface area contributed by atoms with E-state index in [1.165, 1.54) is 17.0 Å². The maximum atomic E-state index is 14.1. The molecule has 1 unspecified atom stereocenters. The van der Waals surface area contributed by atoms with Crippen LogP contribution in [0.2, 0.25) is 5.02 Å². The van der Waals surface area contributed by atoms with Crippen molar-refractivity contribution in [1.29, 1.82) is 0 Å². The van der Waals surface area contributed by atoms with Crippen LogP contribution in [-0.2, 0) is 4.79 Å². The highest BCUT2D eigenvalue weighted by Gasteiger charge is 2.35. The molecule has 2 N–H and O–H groups in total. The van der Waals surface area contributed by atoms with Gasteiger partial charge in [-0.25, -0.2) is 0 Å². The van der Waals surface area contributed by atoms with Gasteiger partial charge in [0.1, 0.15) is 25.0 Å². The number of rotatable bonds is 6. The zero-order valence-electron chi connectivity index (χ0n) is 19.7. The third kappa shape index (κ3) is 5.11. The van der Waals surface area contributed by atoms with Gasteiger partial charge in [0.05, 0.1) is 0 Å². The van der Waals surface area contributed by atoms with E-state index in [1.54, 1.807) is 54.6 Å². The van der Waals surface area contributed by atoms with Gasteiger partial charge in [0, 0.05) is 22.3 Å². The highest BCUT2D eigenvalue weighted by atomic mass is 35.5. The summed E-state index contributed by atoms with van der Waals surface area (Å²) in [5.41, 5.74) is 1.44. The molecular formula is C28H27ClN2O5. The topological polar surface area (TPSA) is 88.1 Å². The van der Waals surface area contributed by atoms with Crippen molar-refractivity contribution in [3.05, 3.63) is 82.9 Å². The van der Waals surface area contributed by atoms with Gasteiger partial charge in [-0.1, -0.05) is 36.6 Å². The number of phenols is 1. The number of hydrogen-bond donors (Lipinski definition) is 2. The molecule has 2 aliphatic rings. The summed E-state index contributed by atoms with van der Waals surface area (Å²) in [6, 6.07) is 17.3. The standard InChI is InChI=1S/C28H27ClN2O5/c29-20-8-10-22(11-9-20)31(28(34)19-7-14-24-25(17-19)36-16-15-35-24)26(18-5-12-23(32)13-6-18)27(33)30-21-3-1-2-4-21/h5-14,17,21,26,32H,1-4,15-16H2,(H,30,33). The summed E-state index contributed by atoms with van der Waals surface area (Å²) in [7, 11) is 0. The van der Waals surface area contributed by atoms with Crippen molar-refractivity contribution in [3.63, 3.8) is 0 Å². The molecule has 2 amide bonds. The molecular weight excluding hydrogens is 480 g/mol. The average molecular weight is 507 g/mol. The van der Waals surface area contributed by atoms with Crippen LogP contribution in [0.15, 0.2) is 66.7 Å². The summed E-state index contributed by atoms with van der Waals surface area (Å²) in [5.74, 6) is 0.469. The van der Waals surface area contributed by atoms with Crippen molar-refractivity contribution in [2.24, 2.45) is 0 Å². The van der Waals surface area contributed by atoms with Crippen LogP contribution >= 0.6 is 11.6 Å². The number of carbonyl (C=O) groups excluding carboxylic acids is 2. The normalized spacial score (nSPS) is 15.8. The van der Waals surface area contributed by atoms with Crippen LogP contribution in [0.3, 0.4) is 0 Å². The molecule has 1 atom stereocenters. The molecule has 36 heavy (non-hydrogen) atoms. The lowest BCUT2D eigenvalue weighted by Crippen LogP contribution is -2.46. The Kier molecular flexibility index (Phi) is 7.00. The minimum absolute atomic E-state index is 0.0635. The molecule has 3 aromatic carbocycles. The van der Waals surface area contributed by atoms with Crippen molar-refractivity contribution >= 4 is 29.1 Å². The summed E-state index contributed by atoms with van der Waals surface area (Å²) in [5, 5.41) is 13.5. The van der Waals surface area contributed by atoms with Crippen LogP contribution in [-0.4, -0.2) is 36.2 Å². The van der Waals surface area contributed by atoms with Crippen molar-refractivity contribution in [2.75, 3.05) is 18.1 Å². The van der Waals surface area contributed by atoms with Gasteiger partial charge in [-0.15, -0.1) is 0 Å². The quantitative estimate of drug-likeness (QED) is 0.476. The van der Waals surface area contributed by atoms with E-state index in [1.807, 2.05) is 0 Å². The Morgan fingerprint density at radius 2 is 1.58 bits per heavy atom. The minimum Gasteiger partial charge on any atom is -0.508 e. The van der Waals surface area contributed by atoms with Crippen molar-refractivity contribution in [3.8, 4) is 17.2 Å². The molecule has 0 saturated heterocycles. The third-order valence-electron chi connectivity index (χ3n) is 6.53. The minimum atomic E-state index is -0.979. The summed E-state index contributed by atoms with van der Waals surface area (Å²) in [6.07, 6.45) is 3.94. The Labute approximate surface area is 214 Å². The molecule has 0 spiro atoms. The first-order chi connectivity index (χ1) is 17.5. The number of anilines is 1. The molecule has 5 rings (SSSR count). The van der Waals surface area contributed by atoms with E-state index in [9.17, 15) is 14.7 Å². The molecule has 7 nitrogen and oxygen atoms in total. The Bertz CT molecular complexity index is 1240. The number of aromatic hydroxyl groups is 1. The lowest BCUT2D eigenvalue weighted by Gasteiger charge is -2.32. The number of carbonyl (C=O) groups is 2. The number of nitrogens with zero attached hydrogens (tertiary/aromatic N) is 1. The zero-order chi connectivity index (χ0) is 25.1. The molecule has 3 aromatic rings. The molecule has 0 radical (unpaired) electrons. The first-order valence-electron chi connectivity index (χ1n) is 12.1.